The highest BCUT2D eigenvalue weighted by Gasteiger charge is 2.39. The number of rotatable bonds is 16. The number of benzene rings is 3. The van der Waals surface area contributed by atoms with E-state index in [2.05, 4.69) is 0 Å². The summed E-state index contributed by atoms with van der Waals surface area (Å²) in [6.07, 6.45) is 0.0737. The van der Waals surface area contributed by atoms with Gasteiger partial charge in [0.05, 0.1) is 45.9 Å². The Morgan fingerprint density at radius 2 is 1.18 bits per heavy atom. The van der Waals surface area contributed by atoms with Gasteiger partial charge >= 0.3 is 0 Å². The molecular formula is C32H38O7. The Kier molecular flexibility index (Phi) is 12.0. The quantitative estimate of drug-likeness (QED) is 0.231. The standard InChI is InChI=1S/C32H38O7/c1-33-30(34-2)24-36-21-28-22-37-29(23-35-18-25-12-6-3-7-13-25)32(39-20-27-16-10-5-11-17-27)31(28)38-19-26-14-8-4-9-15-26/h3-17,22,29-32H,18-21,23-24H2,1-2H3/t29-,31-,32+/m1/s1. The average molecular weight is 535 g/mol. The largest absolute Gasteiger partial charge is 0.493 e. The first-order valence-corrected chi connectivity index (χ1v) is 13.2. The first-order valence-electron chi connectivity index (χ1n) is 13.2. The van der Waals surface area contributed by atoms with Crippen molar-refractivity contribution in [2.75, 3.05) is 34.0 Å². The highest BCUT2D eigenvalue weighted by molar-refractivity contribution is 5.18. The summed E-state index contributed by atoms with van der Waals surface area (Å²) >= 11 is 0. The fraction of sp³-hybridized carbons (Fsp3) is 0.375. The van der Waals surface area contributed by atoms with E-state index >= 15 is 0 Å². The van der Waals surface area contributed by atoms with Crippen LogP contribution in [-0.4, -0.2) is 58.6 Å². The molecule has 0 fully saturated rings. The lowest BCUT2D eigenvalue weighted by atomic mass is 9.98. The van der Waals surface area contributed by atoms with Gasteiger partial charge in [-0.2, -0.15) is 0 Å². The Morgan fingerprint density at radius 3 is 1.74 bits per heavy atom. The Bertz CT molecular complexity index is 1090. The van der Waals surface area contributed by atoms with Crippen LogP contribution in [0.15, 0.2) is 103 Å². The van der Waals surface area contributed by atoms with Crippen molar-refractivity contribution in [2.24, 2.45) is 0 Å². The van der Waals surface area contributed by atoms with Crippen LogP contribution in [0.5, 0.6) is 0 Å². The van der Waals surface area contributed by atoms with Gasteiger partial charge in [0.15, 0.2) is 6.29 Å². The summed E-state index contributed by atoms with van der Waals surface area (Å²) in [4.78, 5) is 0. The van der Waals surface area contributed by atoms with Crippen molar-refractivity contribution in [3.8, 4) is 0 Å². The van der Waals surface area contributed by atoms with E-state index in [0.717, 1.165) is 22.3 Å². The van der Waals surface area contributed by atoms with Gasteiger partial charge in [-0.05, 0) is 16.7 Å². The van der Waals surface area contributed by atoms with Gasteiger partial charge in [0.1, 0.15) is 18.3 Å². The lowest BCUT2D eigenvalue weighted by Gasteiger charge is -2.38. The van der Waals surface area contributed by atoms with Gasteiger partial charge in [-0.15, -0.1) is 0 Å². The summed E-state index contributed by atoms with van der Waals surface area (Å²) < 4.78 is 41.7. The molecule has 3 aromatic carbocycles. The third-order valence-corrected chi connectivity index (χ3v) is 6.42. The smallest absolute Gasteiger partial charge is 0.180 e. The van der Waals surface area contributed by atoms with Gasteiger partial charge < -0.3 is 33.2 Å². The minimum atomic E-state index is -0.456. The van der Waals surface area contributed by atoms with Crippen LogP contribution >= 0.6 is 0 Å². The lowest BCUT2D eigenvalue weighted by molar-refractivity contribution is -0.160. The Labute approximate surface area is 231 Å². The molecule has 0 aliphatic carbocycles. The molecule has 4 rings (SSSR count). The topological polar surface area (TPSA) is 64.6 Å². The molecule has 7 nitrogen and oxygen atoms in total. The molecule has 0 spiro atoms. The molecule has 0 saturated heterocycles. The van der Waals surface area contributed by atoms with Gasteiger partial charge in [0.25, 0.3) is 0 Å². The fourth-order valence-electron chi connectivity index (χ4n) is 4.27. The molecule has 1 aliphatic heterocycles. The highest BCUT2D eigenvalue weighted by atomic mass is 16.7. The van der Waals surface area contributed by atoms with E-state index in [1.165, 1.54) is 0 Å². The Hall–Kier alpha value is -3.04. The molecule has 3 atom stereocenters. The van der Waals surface area contributed by atoms with Gasteiger partial charge in [-0.3, -0.25) is 0 Å². The van der Waals surface area contributed by atoms with Crippen LogP contribution in [0.25, 0.3) is 0 Å². The van der Waals surface area contributed by atoms with E-state index in [-0.39, 0.29) is 19.3 Å². The average Bonchev–Trinajstić information content (AvgIpc) is 2.99. The van der Waals surface area contributed by atoms with Gasteiger partial charge in [-0.1, -0.05) is 91.0 Å². The monoisotopic (exact) mass is 534 g/mol. The SMILES string of the molecule is COC(COCC1=CO[C@H](COCc2ccccc2)[C@H](OCc2ccccc2)[C@@H]1OCc1ccccc1)OC. The number of hydrogen-bond acceptors (Lipinski definition) is 7. The molecule has 208 valence electrons. The molecule has 0 radical (unpaired) electrons. The van der Waals surface area contributed by atoms with Crippen LogP contribution < -0.4 is 0 Å². The van der Waals surface area contributed by atoms with Crippen LogP contribution in [0.2, 0.25) is 0 Å². The maximum Gasteiger partial charge on any atom is 0.180 e. The zero-order valence-electron chi connectivity index (χ0n) is 22.6. The molecule has 1 heterocycles. The fourth-order valence-corrected chi connectivity index (χ4v) is 4.27. The second kappa shape index (κ2) is 16.2. The summed E-state index contributed by atoms with van der Waals surface area (Å²) in [7, 11) is 3.17. The Balaban J connectivity index is 1.50. The summed E-state index contributed by atoms with van der Waals surface area (Å²) in [5.74, 6) is 0. The van der Waals surface area contributed by atoms with E-state index in [0.29, 0.717) is 26.4 Å². The van der Waals surface area contributed by atoms with E-state index in [1.807, 2.05) is 91.0 Å². The van der Waals surface area contributed by atoms with Crippen LogP contribution in [0.3, 0.4) is 0 Å². The minimum Gasteiger partial charge on any atom is -0.493 e. The molecule has 0 unspecified atom stereocenters. The number of methoxy groups -OCH3 is 2. The molecule has 0 aromatic heterocycles. The molecule has 0 amide bonds. The maximum atomic E-state index is 6.52. The predicted octanol–water partition coefficient (Wildman–Crippen LogP) is 5.29. The van der Waals surface area contributed by atoms with Crippen molar-refractivity contribution >= 4 is 0 Å². The predicted molar refractivity (Wildman–Crippen MR) is 148 cm³/mol. The lowest BCUT2D eigenvalue weighted by Crippen LogP contribution is -2.48. The summed E-state index contributed by atoms with van der Waals surface area (Å²) in [6.45, 7) is 2.22. The van der Waals surface area contributed by atoms with E-state index in [4.69, 9.17) is 33.2 Å². The number of ether oxygens (including phenoxy) is 7. The molecule has 0 bridgehead atoms. The molecule has 1 aliphatic rings. The van der Waals surface area contributed by atoms with Crippen molar-refractivity contribution in [1.29, 1.82) is 0 Å². The van der Waals surface area contributed by atoms with Crippen molar-refractivity contribution < 1.29 is 33.2 Å². The van der Waals surface area contributed by atoms with Crippen LogP contribution in [0, 0.1) is 0 Å². The molecule has 39 heavy (non-hydrogen) atoms. The van der Waals surface area contributed by atoms with E-state index in [9.17, 15) is 0 Å². The minimum absolute atomic E-state index is 0.273. The first-order chi connectivity index (χ1) is 19.3. The molecule has 3 aromatic rings. The van der Waals surface area contributed by atoms with E-state index in [1.54, 1.807) is 20.5 Å². The molecule has 0 saturated carbocycles. The molecule has 0 N–H and O–H groups in total. The van der Waals surface area contributed by atoms with Gasteiger partial charge in [-0.25, -0.2) is 0 Å². The van der Waals surface area contributed by atoms with Crippen molar-refractivity contribution in [3.05, 3.63) is 120 Å². The number of hydrogen-bond donors (Lipinski definition) is 0. The zero-order valence-corrected chi connectivity index (χ0v) is 22.6. The second-order valence-corrected chi connectivity index (χ2v) is 9.26. The van der Waals surface area contributed by atoms with Crippen LogP contribution in [0.1, 0.15) is 16.7 Å². The molecule has 7 heteroatoms. The Morgan fingerprint density at radius 1 is 0.641 bits per heavy atom. The third kappa shape index (κ3) is 9.28. The summed E-state index contributed by atoms with van der Waals surface area (Å²) in [5, 5.41) is 0. The van der Waals surface area contributed by atoms with Gasteiger partial charge in [0, 0.05) is 19.8 Å². The van der Waals surface area contributed by atoms with Crippen molar-refractivity contribution in [3.63, 3.8) is 0 Å². The summed E-state index contributed by atoms with van der Waals surface area (Å²) in [6, 6.07) is 30.2. The highest BCUT2D eigenvalue weighted by Crippen LogP contribution is 2.28. The van der Waals surface area contributed by atoms with Crippen molar-refractivity contribution in [1.82, 2.24) is 0 Å². The van der Waals surface area contributed by atoms with E-state index < -0.39 is 18.5 Å². The maximum absolute atomic E-state index is 6.52. The molecular weight excluding hydrogens is 496 g/mol. The third-order valence-electron chi connectivity index (χ3n) is 6.42. The normalized spacial score (nSPS) is 19.1. The van der Waals surface area contributed by atoms with Gasteiger partial charge in [0.2, 0.25) is 0 Å². The van der Waals surface area contributed by atoms with Crippen molar-refractivity contribution in [2.45, 2.75) is 44.4 Å². The second-order valence-electron chi connectivity index (χ2n) is 9.26. The zero-order chi connectivity index (χ0) is 27.1. The van der Waals surface area contributed by atoms with Crippen LogP contribution in [-0.2, 0) is 53.0 Å². The first kappa shape index (κ1) is 29.0. The van der Waals surface area contributed by atoms with Crippen LogP contribution in [0.4, 0.5) is 0 Å². The summed E-state index contributed by atoms with van der Waals surface area (Å²) in [5.41, 5.74) is 4.08.